The van der Waals surface area contributed by atoms with Gasteiger partial charge >= 0.3 is 0 Å². The zero-order chi connectivity index (χ0) is 15.3. The first-order valence-corrected chi connectivity index (χ1v) is 8.61. The third kappa shape index (κ3) is 3.59. The SMILES string of the molecule is CCC(NC)c1cccc(S(=O)(=O)N(CC)C(C)C)c1. The van der Waals surface area contributed by atoms with Gasteiger partial charge in [-0.1, -0.05) is 26.0 Å². The second-order valence-corrected chi connectivity index (χ2v) is 7.01. The Morgan fingerprint density at radius 1 is 1.25 bits per heavy atom. The Hall–Kier alpha value is -0.910. The van der Waals surface area contributed by atoms with Gasteiger partial charge in [-0.05, 0) is 45.0 Å². The van der Waals surface area contributed by atoms with Crippen LogP contribution in [0.3, 0.4) is 0 Å². The summed E-state index contributed by atoms with van der Waals surface area (Å²) < 4.78 is 26.8. The van der Waals surface area contributed by atoms with E-state index in [-0.39, 0.29) is 12.1 Å². The molecule has 4 nitrogen and oxygen atoms in total. The van der Waals surface area contributed by atoms with Crippen molar-refractivity contribution in [2.24, 2.45) is 0 Å². The standard InChI is InChI=1S/C15H26N2O2S/c1-6-15(16-5)13-9-8-10-14(11-13)20(18,19)17(7-2)12(3)4/h8-12,15-16H,6-7H2,1-5H3. The van der Waals surface area contributed by atoms with Crippen molar-refractivity contribution in [2.75, 3.05) is 13.6 Å². The molecule has 0 radical (unpaired) electrons. The molecule has 0 aromatic heterocycles. The molecule has 0 bridgehead atoms. The lowest BCUT2D eigenvalue weighted by atomic mass is 10.1. The van der Waals surface area contributed by atoms with Crippen molar-refractivity contribution in [3.8, 4) is 0 Å². The van der Waals surface area contributed by atoms with Gasteiger partial charge in [-0.25, -0.2) is 8.42 Å². The number of rotatable bonds is 7. The molecule has 0 fully saturated rings. The molecule has 1 atom stereocenters. The molecule has 5 heteroatoms. The summed E-state index contributed by atoms with van der Waals surface area (Å²) in [5.74, 6) is 0. The molecule has 0 saturated carbocycles. The smallest absolute Gasteiger partial charge is 0.243 e. The lowest BCUT2D eigenvalue weighted by molar-refractivity contribution is 0.369. The minimum absolute atomic E-state index is 0.0417. The van der Waals surface area contributed by atoms with Crippen molar-refractivity contribution >= 4 is 10.0 Å². The topological polar surface area (TPSA) is 49.4 Å². The molecule has 1 unspecified atom stereocenters. The molecular weight excluding hydrogens is 272 g/mol. The normalized spacial score (nSPS) is 13.9. The first kappa shape index (κ1) is 17.1. The summed E-state index contributed by atoms with van der Waals surface area (Å²) in [6.45, 7) is 8.22. The average Bonchev–Trinajstić information content (AvgIpc) is 2.40. The van der Waals surface area contributed by atoms with Gasteiger partial charge in [0, 0.05) is 18.6 Å². The first-order valence-electron chi connectivity index (χ1n) is 7.17. The molecule has 1 aromatic rings. The number of hydrogen-bond acceptors (Lipinski definition) is 3. The Kier molecular flexibility index (Phi) is 6.17. The number of nitrogens with zero attached hydrogens (tertiary/aromatic N) is 1. The second kappa shape index (κ2) is 7.20. The summed E-state index contributed by atoms with van der Waals surface area (Å²) >= 11 is 0. The highest BCUT2D eigenvalue weighted by Gasteiger charge is 2.25. The van der Waals surface area contributed by atoms with E-state index in [1.807, 2.05) is 40.0 Å². The minimum atomic E-state index is -3.42. The molecule has 0 spiro atoms. The van der Waals surface area contributed by atoms with Crippen molar-refractivity contribution in [3.05, 3.63) is 29.8 Å². The maximum atomic E-state index is 12.7. The summed E-state index contributed by atoms with van der Waals surface area (Å²) in [6, 6.07) is 7.38. The molecule has 1 N–H and O–H groups in total. The van der Waals surface area contributed by atoms with Crippen molar-refractivity contribution in [1.29, 1.82) is 0 Å². The molecule has 0 aliphatic rings. The highest BCUT2D eigenvalue weighted by atomic mass is 32.2. The zero-order valence-corrected chi connectivity index (χ0v) is 13.9. The van der Waals surface area contributed by atoms with E-state index < -0.39 is 10.0 Å². The van der Waals surface area contributed by atoms with Gasteiger partial charge in [0.05, 0.1) is 4.90 Å². The van der Waals surface area contributed by atoms with Crippen molar-refractivity contribution in [3.63, 3.8) is 0 Å². The fourth-order valence-electron chi connectivity index (χ4n) is 2.45. The largest absolute Gasteiger partial charge is 0.313 e. The van der Waals surface area contributed by atoms with Crippen LogP contribution in [0.15, 0.2) is 29.2 Å². The molecule has 0 saturated heterocycles. The molecule has 0 amide bonds. The Labute approximate surface area is 123 Å². The third-order valence-electron chi connectivity index (χ3n) is 3.51. The van der Waals surface area contributed by atoms with Crippen molar-refractivity contribution < 1.29 is 8.42 Å². The fourth-order valence-corrected chi connectivity index (χ4v) is 4.15. The van der Waals surface area contributed by atoms with Gasteiger partial charge in [0.2, 0.25) is 10.0 Å². The number of nitrogens with one attached hydrogen (secondary N) is 1. The molecule has 0 aliphatic heterocycles. The van der Waals surface area contributed by atoms with E-state index in [0.717, 1.165) is 12.0 Å². The molecule has 114 valence electrons. The van der Waals surface area contributed by atoms with Crippen LogP contribution in [0.1, 0.15) is 45.7 Å². The lowest BCUT2D eigenvalue weighted by Crippen LogP contribution is -2.36. The number of hydrogen-bond donors (Lipinski definition) is 1. The fraction of sp³-hybridized carbons (Fsp3) is 0.600. The van der Waals surface area contributed by atoms with E-state index in [4.69, 9.17) is 0 Å². The summed E-state index contributed by atoms with van der Waals surface area (Å²) in [7, 11) is -1.53. The molecule has 0 aliphatic carbocycles. The summed E-state index contributed by atoms with van der Waals surface area (Å²) in [6.07, 6.45) is 0.918. The van der Waals surface area contributed by atoms with E-state index in [1.165, 1.54) is 4.31 Å². The van der Waals surface area contributed by atoms with E-state index in [9.17, 15) is 8.42 Å². The van der Waals surface area contributed by atoms with E-state index in [0.29, 0.717) is 11.4 Å². The molecule has 20 heavy (non-hydrogen) atoms. The van der Waals surface area contributed by atoms with Crippen LogP contribution >= 0.6 is 0 Å². The van der Waals surface area contributed by atoms with Gasteiger partial charge < -0.3 is 5.32 Å². The van der Waals surface area contributed by atoms with E-state index in [1.54, 1.807) is 12.1 Å². The summed E-state index contributed by atoms with van der Waals surface area (Å²) in [4.78, 5) is 0.374. The Balaban J connectivity index is 3.23. The van der Waals surface area contributed by atoms with Crippen LogP contribution in [0, 0.1) is 0 Å². The van der Waals surface area contributed by atoms with E-state index in [2.05, 4.69) is 12.2 Å². The van der Waals surface area contributed by atoms with Crippen LogP contribution in [0.25, 0.3) is 0 Å². The third-order valence-corrected chi connectivity index (χ3v) is 5.66. The van der Waals surface area contributed by atoms with Gasteiger partial charge in [-0.15, -0.1) is 0 Å². The monoisotopic (exact) mass is 298 g/mol. The maximum absolute atomic E-state index is 12.7. The quantitative estimate of drug-likeness (QED) is 0.842. The van der Waals surface area contributed by atoms with Gasteiger partial charge in [0.1, 0.15) is 0 Å². The number of benzene rings is 1. The van der Waals surface area contributed by atoms with Crippen molar-refractivity contribution in [1.82, 2.24) is 9.62 Å². The Bertz CT molecular complexity index is 522. The summed E-state index contributed by atoms with van der Waals surface area (Å²) in [5, 5.41) is 3.20. The number of sulfonamides is 1. The van der Waals surface area contributed by atoms with Crippen LogP contribution in [-0.4, -0.2) is 32.4 Å². The predicted octanol–water partition coefficient (Wildman–Crippen LogP) is 2.78. The van der Waals surface area contributed by atoms with Crippen molar-refractivity contribution in [2.45, 2.75) is 51.1 Å². The van der Waals surface area contributed by atoms with Crippen LogP contribution in [0.2, 0.25) is 0 Å². The zero-order valence-electron chi connectivity index (χ0n) is 13.1. The van der Waals surface area contributed by atoms with Crippen LogP contribution in [0.4, 0.5) is 0 Å². The summed E-state index contributed by atoms with van der Waals surface area (Å²) in [5.41, 5.74) is 1.01. The Morgan fingerprint density at radius 2 is 1.90 bits per heavy atom. The van der Waals surface area contributed by atoms with Gasteiger partial charge in [0.25, 0.3) is 0 Å². The second-order valence-electron chi connectivity index (χ2n) is 5.12. The molecular formula is C15H26N2O2S. The van der Waals surface area contributed by atoms with E-state index >= 15 is 0 Å². The van der Waals surface area contributed by atoms with Gasteiger partial charge in [-0.3, -0.25) is 0 Å². The lowest BCUT2D eigenvalue weighted by Gasteiger charge is -2.25. The van der Waals surface area contributed by atoms with Crippen LogP contribution < -0.4 is 5.32 Å². The molecule has 0 heterocycles. The minimum Gasteiger partial charge on any atom is -0.313 e. The average molecular weight is 298 g/mol. The van der Waals surface area contributed by atoms with Gasteiger partial charge in [-0.2, -0.15) is 4.31 Å². The first-order chi connectivity index (χ1) is 9.38. The van der Waals surface area contributed by atoms with Gasteiger partial charge in [0.15, 0.2) is 0 Å². The molecule has 1 rings (SSSR count). The highest BCUT2D eigenvalue weighted by Crippen LogP contribution is 2.23. The van der Waals surface area contributed by atoms with Crippen LogP contribution in [-0.2, 0) is 10.0 Å². The highest BCUT2D eigenvalue weighted by molar-refractivity contribution is 7.89. The molecule has 1 aromatic carbocycles. The Morgan fingerprint density at radius 3 is 2.35 bits per heavy atom. The predicted molar refractivity (Wildman–Crippen MR) is 83.2 cm³/mol. The van der Waals surface area contributed by atoms with Crippen LogP contribution in [0.5, 0.6) is 0 Å². The maximum Gasteiger partial charge on any atom is 0.243 e.